The number of methoxy groups -OCH3 is 1. The van der Waals surface area contributed by atoms with E-state index in [1.807, 2.05) is 6.92 Å². The first-order valence-corrected chi connectivity index (χ1v) is 6.42. The number of nitrogens with one attached hydrogen (secondary N) is 1. The number of ether oxygens (including phenoxy) is 2. The van der Waals surface area contributed by atoms with Crippen molar-refractivity contribution in [2.45, 2.75) is 32.9 Å². The Morgan fingerprint density at radius 1 is 1.35 bits per heavy atom. The summed E-state index contributed by atoms with van der Waals surface area (Å²) in [7, 11) is 1.18. The van der Waals surface area contributed by atoms with Crippen molar-refractivity contribution in [2.75, 3.05) is 13.7 Å². The highest BCUT2D eigenvalue weighted by molar-refractivity contribution is 5.74. The Kier molecular flexibility index (Phi) is 6.38. The predicted octanol–water partition coefficient (Wildman–Crippen LogP) is 2.40. The molecule has 0 bridgehead atoms. The summed E-state index contributed by atoms with van der Waals surface area (Å²) in [6.45, 7) is 4.50. The van der Waals surface area contributed by atoms with Crippen molar-refractivity contribution >= 4 is 5.97 Å². The number of hydrogen-bond acceptors (Lipinski definition) is 4. The second kappa shape index (κ2) is 7.79. The van der Waals surface area contributed by atoms with Gasteiger partial charge in [0.25, 0.3) is 0 Å². The fourth-order valence-corrected chi connectivity index (χ4v) is 1.63. The summed E-state index contributed by atoms with van der Waals surface area (Å²) < 4.78 is 37.0. The first kappa shape index (κ1) is 16.4. The van der Waals surface area contributed by atoms with Gasteiger partial charge >= 0.3 is 5.97 Å². The average molecular weight is 287 g/mol. The molecule has 0 aliphatic rings. The van der Waals surface area contributed by atoms with Gasteiger partial charge in [0.1, 0.15) is 0 Å². The maximum atomic E-state index is 13.8. The first-order valence-electron chi connectivity index (χ1n) is 6.42. The fraction of sp³-hybridized carbons (Fsp3) is 0.500. The third kappa shape index (κ3) is 4.45. The SMILES string of the molecule is CCCNCc1cc(F)c(OC(C)C(=O)OC)c(F)c1. The molecule has 1 rings (SSSR count). The molecule has 1 unspecified atom stereocenters. The monoisotopic (exact) mass is 287 g/mol. The van der Waals surface area contributed by atoms with Crippen LogP contribution in [0.3, 0.4) is 0 Å². The molecule has 0 aromatic heterocycles. The third-order valence-electron chi connectivity index (χ3n) is 2.64. The van der Waals surface area contributed by atoms with Crippen molar-refractivity contribution in [2.24, 2.45) is 0 Å². The number of carbonyl (C=O) groups is 1. The van der Waals surface area contributed by atoms with E-state index in [2.05, 4.69) is 10.1 Å². The van der Waals surface area contributed by atoms with Crippen LogP contribution in [0.15, 0.2) is 12.1 Å². The molecule has 0 radical (unpaired) electrons. The number of esters is 1. The van der Waals surface area contributed by atoms with Crippen molar-refractivity contribution in [3.8, 4) is 5.75 Å². The van der Waals surface area contributed by atoms with Crippen molar-refractivity contribution < 1.29 is 23.0 Å². The lowest BCUT2D eigenvalue weighted by Crippen LogP contribution is -2.26. The van der Waals surface area contributed by atoms with Gasteiger partial charge in [-0.15, -0.1) is 0 Å². The second-order valence-electron chi connectivity index (χ2n) is 4.35. The summed E-state index contributed by atoms with van der Waals surface area (Å²) in [5, 5.41) is 3.05. The number of benzene rings is 1. The highest BCUT2D eigenvalue weighted by Gasteiger charge is 2.20. The normalized spacial score (nSPS) is 12.1. The molecular formula is C14H19F2NO3. The molecule has 6 heteroatoms. The Balaban J connectivity index is 2.81. The number of halogens is 2. The number of rotatable bonds is 7. The summed E-state index contributed by atoms with van der Waals surface area (Å²) in [4.78, 5) is 11.2. The van der Waals surface area contributed by atoms with Gasteiger partial charge in [-0.1, -0.05) is 6.92 Å². The maximum absolute atomic E-state index is 13.8. The summed E-state index contributed by atoms with van der Waals surface area (Å²) in [6.07, 6.45) is -0.143. The smallest absolute Gasteiger partial charge is 0.346 e. The lowest BCUT2D eigenvalue weighted by Gasteiger charge is -2.14. The van der Waals surface area contributed by atoms with Crippen LogP contribution in [0, 0.1) is 11.6 Å². The molecule has 20 heavy (non-hydrogen) atoms. The quantitative estimate of drug-likeness (QED) is 0.618. The minimum absolute atomic E-state index is 0.370. The first-order chi connectivity index (χ1) is 9.49. The van der Waals surface area contributed by atoms with Crippen LogP contribution in [-0.4, -0.2) is 25.7 Å². The van der Waals surface area contributed by atoms with E-state index in [-0.39, 0.29) is 0 Å². The van der Waals surface area contributed by atoms with Crippen molar-refractivity contribution in [3.05, 3.63) is 29.3 Å². The van der Waals surface area contributed by atoms with Gasteiger partial charge in [0, 0.05) is 6.54 Å². The number of carbonyl (C=O) groups excluding carboxylic acids is 1. The van der Waals surface area contributed by atoms with E-state index in [1.54, 1.807) is 0 Å². The van der Waals surface area contributed by atoms with Gasteiger partial charge in [0.15, 0.2) is 23.5 Å². The Morgan fingerprint density at radius 3 is 2.45 bits per heavy atom. The van der Waals surface area contributed by atoms with Gasteiger partial charge in [-0.25, -0.2) is 13.6 Å². The zero-order valence-corrected chi connectivity index (χ0v) is 11.8. The predicted molar refractivity (Wildman–Crippen MR) is 70.5 cm³/mol. The molecule has 0 spiro atoms. The molecule has 112 valence electrons. The molecule has 0 heterocycles. The number of hydrogen-bond donors (Lipinski definition) is 1. The Bertz CT molecular complexity index is 443. The highest BCUT2D eigenvalue weighted by Crippen LogP contribution is 2.24. The van der Waals surface area contributed by atoms with Gasteiger partial charge in [-0.3, -0.25) is 0 Å². The third-order valence-corrected chi connectivity index (χ3v) is 2.64. The van der Waals surface area contributed by atoms with Crippen LogP contribution in [0.5, 0.6) is 5.75 Å². The van der Waals surface area contributed by atoms with E-state index in [0.717, 1.165) is 13.0 Å². The molecule has 4 nitrogen and oxygen atoms in total. The molecule has 0 fully saturated rings. The van der Waals surface area contributed by atoms with Crippen LogP contribution >= 0.6 is 0 Å². The van der Waals surface area contributed by atoms with Crippen LogP contribution in [0.2, 0.25) is 0 Å². The van der Waals surface area contributed by atoms with Crippen LogP contribution in [-0.2, 0) is 16.1 Å². The van der Waals surface area contributed by atoms with Crippen LogP contribution in [0.4, 0.5) is 8.78 Å². The van der Waals surface area contributed by atoms with Crippen LogP contribution < -0.4 is 10.1 Å². The zero-order chi connectivity index (χ0) is 15.1. The molecule has 0 aliphatic heterocycles. The van der Waals surface area contributed by atoms with Gasteiger partial charge in [-0.05, 0) is 37.6 Å². The lowest BCUT2D eigenvalue weighted by atomic mass is 10.2. The summed E-state index contributed by atoms with van der Waals surface area (Å²) in [6, 6.07) is 2.37. The molecule has 0 saturated heterocycles. The van der Waals surface area contributed by atoms with E-state index >= 15 is 0 Å². The van der Waals surface area contributed by atoms with Crippen LogP contribution in [0.1, 0.15) is 25.8 Å². The molecule has 1 aromatic rings. The molecule has 1 aromatic carbocycles. The lowest BCUT2D eigenvalue weighted by molar-refractivity contribution is -0.148. The molecule has 0 amide bonds. The van der Waals surface area contributed by atoms with E-state index in [1.165, 1.54) is 26.2 Å². The molecule has 0 aliphatic carbocycles. The van der Waals surface area contributed by atoms with E-state index in [4.69, 9.17) is 4.74 Å². The topological polar surface area (TPSA) is 47.6 Å². The summed E-state index contributed by atoms with van der Waals surface area (Å²) in [5.41, 5.74) is 0.478. The largest absolute Gasteiger partial charge is 0.473 e. The minimum Gasteiger partial charge on any atom is -0.473 e. The Hall–Kier alpha value is -1.69. The average Bonchev–Trinajstić information content (AvgIpc) is 2.42. The second-order valence-corrected chi connectivity index (χ2v) is 4.35. The Labute approximate surface area is 117 Å². The van der Waals surface area contributed by atoms with Gasteiger partial charge in [0.2, 0.25) is 0 Å². The van der Waals surface area contributed by atoms with Crippen molar-refractivity contribution in [3.63, 3.8) is 0 Å². The molecule has 1 atom stereocenters. The Morgan fingerprint density at radius 2 is 1.95 bits per heavy atom. The van der Waals surface area contributed by atoms with E-state index in [9.17, 15) is 13.6 Å². The fourth-order valence-electron chi connectivity index (χ4n) is 1.63. The van der Waals surface area contributed by atoms with Crippen molar-refractivity contribution in [1.29, 1.82) is 0 Å². The minimum atomic E-state index is -1.08. The zero-order valence-electron chi connectivity index (χ0n) is 11.8. The molecule has 0 saturated carbocycles. The van der Waals surface area contributed by atoms with Gasteiger partial charge in [0.05, 0.1) is 7.11 Å². The standard InChI is InChI=1S/C14H19F2NO3/c1-4-5-17-8-10-6-11(15)13(12(16)7-10)20-9(2)14(18)19-3/h6-7,9,17H,4-5,8H2,1-3H3. The highest BCUT2D eigenvalue weighted by atomic mass is 19.1. The van der Waals surface area contributed by atoms with E-state index in [0.29, 0.717) is 12.1 Å². The van der Waals surface area contributed by atoms with E-state index < -0.39 is 29.5 Å². The maximum Gasteiger partial charge on any atom is 0.346 e. The molecular weight excluding hydrogens is 268 g/mol. The van der Waals surface area contributed by atoms with Crippen LogP contribution in [0.25, 0.3) is 0 Å². The molecule has 1 N–H and O–H groups in total. The summed E-state index contributed by atoms with van der Waals surface area (Å²) in [5.74, 6) is -2.94. The van der Waals surface area contributed by atoms with Gasteiger partial charge < -0.3 is 14.8 Å². The summed E-state index contributed by atoms with van der Waals surface area (Å²) >= 11 is 0. The van der Waals surface area contributed by atoms with Crippen molar-refractivity contribution in [1.82, 2.24) is 5.32 Å². The van der Waals surface area contributed by atoms with Gasteiger partial charge in [-0.2, -0.15) is 0 Å².